The number of likely N-dealkylation sites (tertiary alicyclic amines) is 1. The number of hydrogen-bond acceptors (Lipinski definition) is 4. The average molecular weight is 253 g/mol. The van der Waals surface area contributed by atoms with Crippen LogP contribution in [0.15, 0.2) is 5.38 Å². The molecule has 0 bridgehead atoms. The molecule has 0 unspecified atom stereocenters. The normalized spacial score (nSPS) is 19.0. The van der Waals surface area contributed by atoms with E-state index in [4.69, 9.17) is 5.73 Å². The molecule has 1 aromatic heterocycles. The summed E-state index contributed by atoms with van der Waals surface area (Å²) in [6.07, 6.45) is 3.76. The molecule has 3 nitrogen and oxygen atoms in total. The van der Waals surface area contributed by atoms with Gasteiger partial charge in [-0.2, -0.15) is 0 Å². The van der Waals surface area contributed by atoms with E-state index in [1.54, 1.807) is 11.3 Å². The Hall–Kier alpha value is -0.610. The van der Waals surface area contributed by atoms with Crippen LogP contribution in [0, 0.1) is 11.8 Å². The summed E-state index contributed by atoms with van der Waals surface area (Å²) < 4.78 is 0. The molecule has 1 fully saturated rings. The van der Waals surface area contributed by atoms with E-state index < -0.39 is 0 Å². The first-order chi connectivity index (χ1) is 8.15. The molecule has 0 spiro atoms. The van der Waals surface area contributed by atoms with Gasteiger partial charge >= 0.3 is 0 Å². The quantitative estimate of drug-likeness (QED) is 0.897. The van der Waals surface area contributed by atoms with Crippen LogP contribution in [0.2, 0.25) is 0 Å². The lowest BCUT2D eigenvalue weighted by molar-refractivity contribution is 0.159. The molecular weight excluding hydrogens is 230 g/mol. The van der Waals surface area contributed by atoms with E-state index in [-0.39, 0.29) is 0 Å². The molecule has 2 heterocycles. The van der Waals surface area contributed by atoms with Gasteiger partial charge in [0.25, 0.3) is 0 Å². The van der Waals surface area contributed by atoms with Crippen LogP contribution in [0.1, 0.15) is 32.4 Å². The lowest BCUT2D eigenvalue weighted by Gasteiger charge is -2.33. The van der Waals surface area contributed by atoms with Crippen LogP contribution in [-0.2, 0) is 6.42 Å². The van der Waals surface area contributed by atoms with Crippen LogP contribution < -0.4 is 5.73 Å². The smallest absolute Gasteiger partial charge is 0.180 e. The molecule has 0 atom stereocenters. The summed E-state index contributed by atoms with van der Waals surface area (Å²) >= 11 is 1.54. The predicted octanol–water partition coefficient (Wildman–Crippen LogP) is 2.64. The Balaban J connectivity index is 1.71. The molecule has 17 heavy (non-hydrogen) atoms. The molecule has 0 saturated carbocycles. The molecule has 1 aliphatic heterocycles. The van der Waals surface area contributed by atoms with Crippen molar-refractivity contribution in [2.24, 2.45) is 11.8 Å². The Morgan fingerprint density at radius 3 is 2.71 bits per heavy atom. The van der Waals surface area contributed by atoms with E-state index in [9.17, 15) is 0 Å². The minimum Gasteiger partial charge on any atom is -0.375 e. The maximum absolute atomic E-state index is 5.63. The third-order valence-corrected chi connectivity index (χ3v) is 4.55. The fourth-order valence-corrected chi connectivity index (χ4v) is 3.15. The molecule has 0 aliphatic carbocycles. The van der Waals surface area contributed by atoms with Crippen molar-refractivity contribution in [2.75, 3.05) is 25.4 Å². The molecule has 0 radical (unpaired) electrons. The Morgan fingerprint density at radius 2 is 2.18 bits per heavy atom. The summed E-state index contributed by atoms with van der Waals surface area (Å²) in [5.41, 5.74) is 6.78. The van der Waals surface area contributed by atoms with Crippen LogP contribution in [0.5, 0.6) is 0 Å². The highest BCUT2D eigenvalue weighted by molar-refractivity contribution is 7.13. The molecule has 4 heteroatoms. The van der Waals surface area contributed by atoms with Crippen LogP contribution in [-0.4, -0.2) is 29.5 Å². The highest BCUT2D eigenvalue weighted by Crippen LogP contribution is 2.24. The number of thiazole rings is 1. The lowest BCUT2D eigenvalue weighted by atomic mass is 9.87. The number of nitrogen functional groups attached to an aromatic ring is 1. The van der Waals surface area contributed by atoms with E-state index in [1.165, 1.54) is 25.9 Å². The first-order valence-corrected chi connectivity index (χ1v) is 7.45. The first kappa shape index (κ1) is 12.8. The monoisotopic (exact) mass is 253 g/mol. The van der Waals surface area contributed by atoms with Crippen molar-refractivity contribution in [1.29, 1.82) is 0 Å². The van der Waals surface area contributed by atoms with Gasteiger partial charge in [-0.1, -0.05) is 13.8 Å². The number of rotatable bonds is 4. The minimum absolute atomic E-state index is 0.693. The molecule has 2 N–H and O–H groups in total. The summed E-state index contributed by atoms with van der Waals surface area (Å²) in [5, 5.41) is 2.77. The first-order valence-electron chi connectivity index (χ1n) is 6.57. The summed E-state index contributed by atoms with van der Waals surface area (Å²) in [6.45, 7) is 8.33. The molecule has 0 amide bonds. The molecule has 1 aromatic rings. The lowest BCUT2D eigenvalue weighted by Crippen LogP contribution is -2.36. The van der Waals surface area contributed by atoms with Crippen LogP contribution in [0.25, 0.3) is 0 Å². The minimum atomic E-state index is 0.693. The van der Waals surface area contributed by atoms with E-state index in [0.717, 1.165) is 30.5 Å². The molecule has 1 aliphatic rings. The van der Waals surface area contributed by atoms with Gasteiger partial charge in [0.05, 0.1) is 5.69 Å². The van der Waals surface area contributed by atoms with Gasteiger partial charge in [-0.05, 0) is 37.8 Å². The van der Waals surface area contributed by atoms with Gasteiger partial charge < -0.3 is 10.6 Å². The van der Waals surface area contributed by atoms with Gasteiger partial charge in [-0.3, -0.25) is 0 Å². The van der Waals surface area contributed by atoms with Crippen molar-refractivity contribution in [3.8, 4) is 0 Å². The van der Waals surface area contributed by atoms with Crippen LogP contribution in [0.4, 0.5) is 5.13 Å². The molecule has 96 valence electrons. The van der Waals surface area contributed by atoms with Gasteiger partial charge in [-0.25, -0.2) is 4.98 Å². The highest BCUT2D eigenvalue weighted by atomic mass is 32.1. The van der Waals surface area contributed by atoms with E-state index in [1.807, 2.05) is 0 Å². The maximum Gasteiger partial charge on any atom is 0.180 e. The zero-order valence-corrected chi connectivity index (χ0v) is 11.7. The van der Waals surface area contributed by atoms with Crippen LogP contribution >= 0.6 is 11.3 Å². The SMILES string of the molecule is CC(C)C1CCN(CCc2csc(N)n2)CC1. The number of piperidine rings is 1. The van der Waals surface area contributed by atoms with E-state index >= 15 is 0 Å². The fraction of sp³-hybridized carbons (Fsp3) is 0.769. The maximum atomic E-state index is 5.63. The molecular formula is C13H23N3S. The highest BCUT2D eigenvalue weighted by Gasteiger charge is 2.21. The largest absolute Gasteiger partial charge is 0.375 e. The second kappa shape index (κ2) is 5.83. The number of hydrogen-bond donors (Lipinski definition) is 1. The standard InChI is InChI=1S/C13H23N3S/c1-10(2)11-3-6-16(7-4-11)8-5-12-9-17-13(14)15-12/h9-11H,3-8H2,1-2H3,(H2,14,15). The molecule has 0 aromatic carbocycles. The Labute approximate surface area is 108 Å². The van der Waals surface area contributed by atoms with Crippen molar-refractivity contribution in [3.63, 3.8) is 0 Å². The second-order valence-corrected chi connectivity index (χ2v) is 6.24. The Morgan fingerprint density at radius 1 is 1.47 bits per heavy atom. The zero-order valence-electron chi connectivity index (χ0n) is 10.9. The van der Waals surface area contributed by atoms with Gasteiger partial charge in [0.1, 0.15) is 0 Å². The van der Waals surface area contributed by atoms with Gasteiger partial charge in [-0.15, -0.1) is 11.3 Å². The topological polar surface area (TPSA) is 42.1 Å². The summed E-state index contributed by atoms with van der Waals surface area (Å²) in [4.78, 5) is 6.87. The van der Waals surface area contributed by atoms with Crippen molar-refractivity contribution >= 4 is 16.5 Å². The molecule has 1 saturated heterocycles. The summed E-state index contributed by atoms with van der Waals surface area (Å²) in [7, 11) is 0. The van der Waals surface area contributed by atoms with E-state index in [0.29, 0.717) is 5.13 Å². The van der Waals surface area contributed by atoms with Crippen molar-refractivity contribution in [2.45, 2.75) is 33.1 Å². The fourth-order valence-electron chi connectivity index (χ4n) is 2.55. The van der Waals surface area contributed by atoms with Crippen LogP contribution in [0.3, 0.4) is 0 Å². The van der Waals surface area contributed by atoms with Crippen molar-refractivity contribution in [1.82, 2.24) is 9.88 Å². The summed E-state index contributed by atoms with van der Waals surface area (Å²) in [6, 6.07) is 0. The van der Waals surface area contributed by atoms with Gasteiger partial charge in [0.2, 0.25) is 0 Å². The van der Waals surface area contributed by atoms with Gasteiger partial charge in [0.15, 0.2) is 5.13 Å². The second-order valence-electron chi connectivity index (χ2n) is 5.35. The zero-order chi connectivity index (χ0) is 12.3. The summed E-state index contributed by atoms with van der Waals surface area (Å²) in [5.74, 6) is 1.77. The number of nitrogens with two attached hydrogens (primary N) is 1. The average Bonchev–Trinajstić information content (AvgIpc) is 2.73. The van der Waals surface area contributed by atoms with E-state index in [2.05, 4.69) is 29.1 Å². The molecule has 2 rings (SSSR count). The third-order valence-electron chi connectivity index (χ3n) is 3.83. The van der Waals surface area contributed by atoms with Crippen molar-refractivity contribution in [3.05, 3.63) is 11.1 Å². The number of aromatic nitrogens is 1. The number of nitrogens with zero attached hydrogens (tertiary/aromatic N) is 2. The predicted molar refractivity (Wildman–Crippen MR) is 74.2 cm³/mol. The van der Waals surface area contributed by atoms with Crippen molar-refractivity contribution < 1.29 is 0 Å². The Bertz CT molecular complexity index is 340. The van der Waals surface area contributed by atoms with Gasteiger partial charge in [0, 0.05) is 18.3 Å². The number of anilines is 1. The Kier molecular flexibility index (Phi) is 4.40. The third kappa shape index (κ3) is 3.68.